The molecule has 0 radical (unpaired) electrons. The lowest BCUT2D eigenvalue weighted by atomic mass is 9.95. The van der Waals surface area contributed by atoms with E-state index in [1.807, 2.05) is 68.4 Å². The van der Waals surface area contributed by atoms with Crippen molar-refractivity contribution in [3.63, 3.8) is 0 Å². The van der Waals surface area contributed by atoms with Crippen molar-refractivity contribution < 1.29 is 19.1 Å². The largest absolute Gasteiger partial charge is 0.468 e. The Hall–Kier alpha value is -3.19. The molecule has 0 aliphatic heterocycles. The Labute approximate surface area is 185 Å². The van der Waals surface area contributed by atoms with E-state index >= 15 is 0 Å². The van der Waals surface area contributed by atoms with Gasteiger partial charge in [0, 0.05) is 0 Å². The molecule has 6 nitrogen and oxygen atoms in total. The zero-order chi connectivity index (χ0) is 22.0. The fourth-order valence-corrected chi connectivity index (χ4v) is 4.52. The number of ether oxygens (including phenoxy) is 2. The van der Waals surface area contributed by atoms with E-state index in [4.69, 9.17) is 9.47 Å². The van der Waals surface area contributed by atoms with Crippen LogP contribution in [0.25, 0.3) is 10.4 Å². The van der Waals surface area contributed by atoms with Crippen molar-refractivity contribution in [2.75, 3.05) is 12.4 Å². The van der Waals surface area contributed by atoms with Crippen LogP contribution in [0.2, 0.25) is 0 Å². The van der Waals surface area contributed by atoms with Crippen LogP contribution in [-0.4, -0.2) is 23.5 Å². The Balaban J connectivity index is 1.50. The molecule has 31 heavy (non-hydrogen) atoms. The standard InChI is InChI=1S/C24H24N2O4S/c1-15-20(25-23(28)30-16(2)17-7-5-4-6-8-17)21(31-26-15)18-9-11-19(12-10-18)24(13-14-24)22(27)29-3/h4-12,16H,13-14H2,1-3H3,(H,25,28)/t16-/m1/s1. The number of hydrogen-bond acceptors (Lipinski definition) is 6. The second-order valence-corrected chi connectivity index (χ2v) is 8.48. The molecule has 1 fully saturated rings. The third kappa shape index (κ3) is 4.18. The van der Waals surface area contributed by atoms with Crippen molar-refractivity contribution in [3.05, 3.63) is 71.4 Å². The molecule has 1 heterocycles. The molecule has 0 saturated heterocycles. The van der Waals surface area contributed by atoms with Crippen LogP contribution in [0.4, 0.5) is 10.5 Å². The fraction of sp³-hybridized carbons (Fsp3) is 0.292. The number of rotatable bonds is 6. The Morgan fingerprint density at radius 3 is 2.39 bits per heavy atom. The highest BCUT2D eigenvalue weighted by atomic mass is 32.1. The first kappa shape index (κ1) is 21.1. The number of aryl methyl sites for hydroxylation is 1. The van der Waals surface area contributed by atoms with Crippen molar-refractivity contribution in [1.82, 2.24) is 4.37 Å². The van der Waals surface area contributed by atoms with Crippen LogP contribution in [0.3, 0.4) is 0 Å². The van der Waals surface area contributed by atoms with E-state index in [0.29, 0.717) is 5.69 Å². The van der Waals surface area contributed by atoms with Gasteiger partial charge in [-0.1, -0.05) is 54.6 Å². The minimum atomic E-state index is -0.528. The van der Waals surface area contributed by atoms with Crippen molar-refractivity contribution >= 4 is 29.3 Å². The fourth-order valence-electron chi connectivity index (χ4n) is 3.67. The number of anilines is 1. The van der Waals surface area contributed by atoms with Crippen LogP contribution in [-0.2, 0) is 19.7 Å². The SMILES string of the molecule is COC(=O)C1(c2ccc(-c3snc(C)c3NC(=O)O[C@H](C)c3ccccc3)cc2)CC1. The highest BCUT2D eigenvalue weighted by Gasteiger charge is 2.52. The summed E-state index contributed by atoms with van der Waals surface area (Å²) in [4.78, 5) is 25.5. The molecule has 0 spiro atoms. The van der Waals surface area contributed by atoms with E-state index in [2.05, 4.69) is 9.69 Å². The van der Waals surface area contributed by atoms with Crippen molar-refractivity contribution in [2.24, 2.45) is 0 Å². The van der Waals surface area contributed by atoms with Gasteiger partial charge < -0.3 is 9.47 Å². The third-order valence-corrected chi connectivity index (χ3v) is 6.66. The Kier molecular flexibility index (Phi) is 5.78. The molecular formula is C24H24N2O4S. The van der Waals surface area contributed by atoms with Crippen LogP contribution in [0, 0.1) is 6.92 Å². The summed E-state index contributed by atoms with van der Waals surface area (Å²) in [7, 11) is 1.42. The van der Waals surface area contributed by atoms with E-state index in [1.165, 1.54) is 18.6 Å². The van der Waals surface area contributed by atoms with Gasteiger partial charge in [0.05, 0.1) is 28.8 Å². The summed E-state index contributed by atoms with van der Waals surface area (Å²) < 4.78 is 14.9. The van der Waals surface area contributed by atoms with Gasteiger partial charge in [-0.25, -0.2) is 4.79 Å². The van der Waals surface area contributed by atoms with Gasteiger partial charge in [-0.15, -0.1) is 0 Å². The number of methoxy groups -OCH3 is 1. The van der Waals surface area contributed by atoms with E-state index in [0.717, 1.165) is 40.1 Å². The lowest BCUT2D eigenvalue weighted by molar-refractivity contribution is -0.143. The first-order valence-corrected chi connectivity index (χ1v) is 10.9. The predicted octanol–water partition coefficient (Wildman–Crippen LogP) is 5.63. The van der Waals surface area contributed by atoms with Crippen LogP contribution in [0.1, 0.15) is 42.7 Å². The Morgan fingerprint density at radius 2 is 1.77 bits per heavy atom. The predicted molar refractivity (Wildman–Crippen MR) is 120 cm³/mol. The van der Waals surface area contributed by atoms with Crippen molar-refractivity contribution in [1.29, 1.82) is 0 Å². The molecule has 1 N–H and O–H groups in total. The van der Waals surface area contributed by atoms with Crippen molar-refractivity contribution in [2.45, 2.75) is 38.2 Å². The Morgan fingerprint density at radius 1 is 1.10 bits per heavy atom. The van der Waals surface area contributed by atoms with Gasteiger partial charge in [0.15, 0.2) is 0 Å². The smallest absolute Gasteiger partial charge is 0.412 e. The Bertz CT molecular complexity index is 1090. The lowest BCUT2D eigenvalue weighted by Crippen LogP contribution is -2.21. The van der Waals surface area contributed by atoms with Gasteiger partial charge >= 0.3 is 12.1 Å². The number of nitrogens with one attached hydrogen (secondary N) is 1. The average Bonchev–Trinajstić information content (AvgIpc) is 3.53. The second-order valence-electron chi connectivity index (χ2n) is 7.71. The zero-order valence-electron chi connectivity index (χ0n) is 17.7. The average molecular weight is 437 g/mol. The zero-order valence-corrected chi connectivity index (χ0v) is 18.5. The summed E-state index contributed by atoms with van der Waals surface area (Å²) in [5, 5.41) is 2.86. The van der Waals surface area contributed by atoms with E-state index < -0.39 is 11.5 Å². The maximum absolute atomic E-state index is 12.5. The number of aromatic nitrogens is 1. The minimum absolute atomic E-state index is 0.188. The normalized spacial score (nSPS) is 15.1. The highest BCUT2D eigenvalue weighted by Crippen LogP contribution is 2.49. The number of nitrogens with zero attached hydrogens (tertiary/aromatic N) is 1. The number of benzene rings is 2. The number of carbonyl (C=O) groups excluding carboxylic acids is 2. The van der Waals surface area contributed by atoms with Gasteiger partial charge in [-0.05, 0) is 54.9 Å². The monoisotopic (exact) mass is 436 g/mol. The number of amides is 1. The summed E-state index contributed by atoms with van der Waals surface area (Å²) in [6.45, 7) is 3.68. The lowest BCUT2D eigenvalue weighted by Gasteiger charge is -2.15. The van der Waals surface area contributed by atoms with E-state index in [9.17, 15) is 9.59 Å². The second kappa shape index (κ2) is 8.51. The molecule has 1 aliphatic carbocycles. The molecular weight excluding hydrogens is 412 g/mol. The van der Waals surface area contributed by atoms with Gasteiger partial charge in [-0.3, -0.25) is 10.1 Å². The molecule has 4 rings (SSSR count). The molecule has 1 aliphatic rings. The molecule has 1 aromatic heterocycles. The van der Waals surface area contributed by atoms with Crippen molar-refractivity contribution in [3.8, 4) is 10.4 Å². The van der Waals surface area contributed by atoms with E-state index in [1.54, 1.807) is 0 Å². The molecule has 0 bridgehead atoms. The van der Waals surface area contributed by atoms with Gasteiger partial charge in [0.1, 0.15) is 6.10 Å². The molecule has 1 saturated carbocycles. The number of hydrogen-bond donors (Lipinski definition) is 1. The third-order valence-electron chi connectivity index (χ3n) is 5.67. The first-order valence-electron chi connectivity index (χ1n) is 10.1. The molecule has 1 atom stereocenters. The number of carbonyl (C=O) groups is 2. The summed E-state index contributed by atoms with van der Waals surface area (Å²) in [5.41, 5.74) is 3.65. The van der Waals surface area contributed by atoms with Gasteiger partial charge in [-0.2, -0.15) is 4.37 Å². The molecule has 1 amide bonds. The molecule has 7 heteroatoms. The highest BCUT2D eigenvalue weighted by molar-refractivity contribution is 7.10. The summed E-state index contributed by atoms with van der Waals surface area (Å²) in [6.07, 6.45) is 0.706. The van der Waals surface area contributed by atoms with Crippen LogP contribution >= 0.6 is 11.5 Å². The van der Waals surface area contributed by atoms with Gasteiger partial charge in [0.25, 0.3) is 0 Å². The van der Waals surface area contributed by atoms with Gasteiger partial charge in [0.2, 0.25) is 0 Å². The van der Waals surface area contributed by atoms with Crippen LogP contribution < -0.4 is 5.32 Å². The molecule has 160 valence electrons. The van der Waals surface area contributed by atoms with E-state index in [-0.39, 0.29) is 12.1 Å². The quantitative estimate of drug-likeness (QED) is 0.507. The van der Waals surface area contributed by atoms with Crippen LogP contribution in [0.15, 0.2) is 54.6 Å². The molecule has 3 aromatic rings. The summed E-state index contributed by atoms with van der Waals surface area (Å²) in [5.74, 6) is -0.188. The first-order chi connectivity index (χ1) is 14.9. The number of esters is 1. The summed E-state index contributed by atoms with van der Waals surface area (Å²) >= 11 is 1.31. The molecule has 2 aromatic carbocycles. The minimum Gasteiger partial charge on any atom is -0.468 e. The maximum Gasteiger partial charge on any atom is 0.412 e. The van der Waals surface area contributed by atoms with Crippen LogP contribution in [0.5, 0.6) is 0 Å². The molecule has 0 unspecified atom stereocenters. The summed E-state index contributed by atoms with van der Waals surface area (Å²) in [6, 6.07) is 17.4. The topological polar surface area (TPSA) is 77.5 Å². The maximum atomic E-state index is 12.5.